The number of aryl methyl sites for hydroxylation is 1. The molecule has 0 spiro atoms. The number of benzene rings is 1. The highest BCUT2D eigenvalue weighted by Crippen LogP contribution is 2.19. The lowest BCUT2D eigenvalue weighted by molar-refractivity contribution is -0.148. The van der Waals surface area contributed by atoms with Gasteiger partial charge in [0.15, 0.2) is 0 Å². The minimum absolute atomic E-state index is 0.0270. The summed E-state index contributed by atoms with van der Waals surface area (Å²) in [6.45, 7) is 0.584. The summed E-state index contributed by atoms with van der Waals surface area (Å²) in [7, 11) is 0. The van der Waals surface area contributed by atoms with Crippen LogP contribution < -0.4 is 0 Å². The molecule has 0 aromatic heterocycles. The Morgan fingerprint density at radius 3 is 2.68 bits per heavy atom. The molecule has 0 aliphatic carbocycles. The lowest BCUT2D eigenvalue weighted by atomic mass is 10.1. The molecule has 1 amide bonds. The summed E-state index contributed by atoms with van der Waals surface area (Å²) in [6, 6.07) is 9.41. The Morgan fingerprint density at radius 2 is 2.00 bits per heavy atom. The third-order valence-corrected chi connectivity index (χ3v) is 3.56. The van der Waals surface area contributed by atoms with Crippen LogP contribution in [0, 0.1) is 0 Å². The van der Waals surface area contributed by atoms with Crippen LogP contribution in [0.5, 0.6) is 0 Å². The van der Waals surface area contributed by atoms with Crippen molar-refractivity contribution < 1.29 is 14.7 Å². The molecule has 1 aliphatic rings. The van der Waals surface area contributed by atoms with Gasteiger partial charge in [-0.15, -0.1) is 0 Å². The van der Waals surface area contributed by atoms with Crippen LogP contribution in [0.1, 0.15) is 31.2 Å². The molecule has 1 heterocycles. The van der Waals surface area contributed by atoms with Gasteiger partial charge in [0, 0.05) is 13.0 Å². The SMILES string of the molecule is O=C(O)[C@@H]1CCCN1C(=O)CCCc1ccccc1. The van der Waals surface area contributed by atoms with E-state index in [0.29, 0.717) is 19.4 Å². The number of nitrogens with zero attached hydrogens (tertiary/aromatic N) is 1. The van der Waals surface area contributed by atoms with E-state index in [2.05, 4.69) is 0 Å². The standard InChI is InChI=1S/C15H19NO3/c17-14(16-11-5-9-13(16)15(18)19)10-4-8-12-6-2-1-3-7-12/h1-3,6-7,13H,4-5,8-11H2,(H,18,19)/t13-/m0/s1. The maximum atomic E-state index is 12.0. The molecule has 0 bridgehead atoms. The number of carboxylic acid groups (broad SMARTS) is 1. The van der Waals surface area contributed by atoms with E-state index in [1.165, 1.54) is 10.5 Å². The number of carbonyl (C=O) groups is 2. The lowest BCUT2D eigenvalue weighted by Crippen LogP contribution is -2.40. The number of likely N-dealkylation sites (tertiary alicyclic amines) is 1. The van der Waals surface area contributed by atoms with Gasteiger partial charge in [0.25, 0.3) is 0 Å². The van der Waals surface area contributed by atoms with Crippen molar-refractivity contribution in [2.75, 3.05) is 6.54 Å². The molecule has 102 valence electrons. The summed E-state index contributed by atoms with van der Waals surface area (Å²) in [6.07, 6.45) is 3.43. The molecule has 1 N–H and O–H groups in total. The summed E-state index contributed by atoms with van der Waals surface area (Å²) in [4.78, 5) is 24.6. The van der Waals surface area contributed by atoms with Crippen LogP contribution in [0.2, 0.25) is 0 Å². The van der Waals surface area contributed by atoms with Crippen molar-refractivity contribution in [1.82, 2.24) is 4.90 Å². The zero-order valence-electron chi connectivity index (χ0n) is 10.9. The molecule has 4 heteroatoms. The van der Waals surface area contributed by atoms with Gasteiger partial charge in [0.2, 0.25) is 5.91 Å². The van der Waals surface area contributed by atoms with E-state index in [-0.39, 0.29) is 5.91 Å². The number of hydrogen-bond donors (Lipinski definition) is 1. The van der Waals surface area contributed by atoms with Crippen molar-refractivity contribution in [3.63, 3.8) is 0 Å². The van der Waals surface area contributed by atoms with Gasteiger partial charge in [0.1, 0.15) is 6.04 Å². The van der Waals surface area contributed by atoms with Crippen molar-refractivity contribution in [2.24, 2.45) is 0 Å². The van der Waals surface area contributed by atoms with E-state index in [9.17, 15) is 9.59 Å². The summed E-state index contributed by atoms with van der Waals surface area (Å²) in [5.41, 5.74) is 1.21. The Kier molecular flexibility index (Phi) is 4.55. The largest absolute Gasteiger partial charge is 0.480 e. The van der Waals surface area contributed by atoms with Crippen LogP contribution in [0.15, 0.2) is 30.3 Å². The van der Waals surface area contributed by atoms with Crippen LogP contribution in [-0.2, 0) is 16.0 Å². The highest BCUT2D eigenvalue weighted by atomic mass is 16.4. The van der Waals surface area contributed by atoms with Crippen molar-refractivity contribution in [1.29, 1.82) is 0 Å². The van der Waals surface area contributed by atoms with E-state index < -0.39 is 12.0 Å². The molecule has 0 radical (unpaired) electrons. The molecule has 1 fully saturated rings. The zero-order chi connectivity index (χ0) is 13.7. The number of hydrogen-bond acceptors (Lipinski definition) is 2. The van der Waals surface area contributed by atoms with Gasteiger partial charge >= 0.3 is 5.97 Å². The smallest absolute Gasteiger partial charge is 0.326 e. The Hall–Kier alpha value is -1.84. The molecule has 1 atom stereocenters. The normalized spacial score (nSPS) is 18.5. The lowest BCUT2D eigenvalue weighted by Gasteiger charge is -2.21. The fourth-order valence-electron chi connectivity index (χ4n) is 2.55. The van der Waals surface area contributed by atoms with Crippen LogP contribution >= 0.6 is 0 Å². The van der Waals surface area contributed by atoms with Gasteiger partial charge in [0.05, 0.1) is 0 Å². The van der Waals surface area contributed by atoms with E-state index in [0.717, 1.165) is 19.3 Å². The van der Waals surface area contributed by atoms with Gasteiger partial charge in [-0.05, 0) is 31.2 Å². The number of aliphatic carboxylic acids is 1. The second-order valence-corrected chi connectivity index (χ2v) is 4.92. The summed E-state index contributed by atoms with van der Waals surface area (Å²) in [5.74, 6) is -0.908. The summed E-state index contributed by atoms with van der Waals surface area (Å²) >= 11 is 0. The first kappa shape index (κ1) is 13.6. The summed E-state index contributed by atoms with van der Waals surface area (Å²) in [5, 5.41) is 9.04. The molecule has 1 aromatic carbocycles. The predicted molar refractivity (Wildman–Crippen MR) is 71.8 cm³/mol. The van der Waals surface area contributed by atoms with Crippen molar-refractivity contribution >= 4 is 11.9 Å². The van der Waals surface area contributed by atoms with Gasteiger partial charge in [-0.3, -0.25) is 4.79 Å². The zero-order valence-corrected chi connectivity index (χ0v) is 10.9. The highest BCUT2D eigenvalue weighted by molar-refractivity contribution is 5.84. The van der Waals surface area contributed by atoms with E-state index >= 15 is 0 Å². The number of carbonyl (C=O) groups excluding carboxylic acids is 1. The predicted octanol–water partition coefficient (Wildman–Crippen LogP) is 2.08. The maximum absolute atomic E-state index is 12.0. The number of amides is 1. The molecule has 0 unspecified atom stereocenters. The van der Waals surface area contributed by atoms with Crippen LogP contribution in [0.4, 0.5) is 0 Å². The topological polar surface area (TPSA) is 57.6 Å². The molecule has 2 rings (SSSR count). The van der Waals surface area contributed by atoms with E-state index in [1.54, 1.807) is 0 Å². The third kappa shape index (κ3) is 3.56. The monoisotopic (exact) mass is 261 g/mol. The fraction of sp³-hybridized carbons (Fsp3) is 0.467. The van der Waals surface area contributed by atoms with Gasteiger partial charge in [-0.2, -0.15) is 0 Å². The van der Waals surface area contributed by atoms with Gasteiger partial charge in [-0.1, -0.05) is 30.3 Å². The second-order valence-electron chi connectivity index (χ2n) is 4.92. The molecule has 1 aromatic rings. The number of rotatable bonds is 5. The Bertz CT molecular complexity index is 444. The molecule has 1 aliphatic heterocycles. The van der Waals surface area contributed by atoms with Crippen LogP contribution in [0.3, 0.4) is 0 Å². The first-order valence-corrected chi connectivity index (χ1v) is 6.74. The average Bonchev–Trinajstić information content (AvgIpc) is 2.89. The molecular formula is C15H19NO3. The third-order valence-electron chi connectivity index (χ3n) is 3.56. The first-order valence-electron chi connectivity index (χ1n) is 6.74. The van der Waals surface area contributed by atoms with Crippen molar-refractivity contribution in [3.8, 4) is 0 Å². The average molecular weight is 261 g/mol. The first-order chi connectivity index (χ1) is 9.18. The maximum Gasteiger partial charge on any atom is 0.326 e. The van der Waals surface area contributed by atoms with E-state index in [4.69, 9.17) is 5.11 Å². The summed E-state index contributed by atoms with van der Waals surface area (Å²) < 4.78 is 0. The van der Waals surface area contributed by atoms with Crippen LogP contribution in [-0.4, -0.2) is 34.5 Å². The molecule has 0 saturated carbocycles. The minimum atomic E-state index is -0.881. The Labute approximate surface area is 113 Å². The molecule has 19 heavy (non-hydrogen) atoms. The Balaban J connectivity index is 1.80. The Morgan fingerprint density at radius 1 is 1.26 bits per heavy atom. The quantitative estimate of drug-likeness (QED) is 0.883. The molecular weight excluding hydrogens is 242 g/mol. The van der Waals surface area contributed by atoms with Gasteiger partial charge < -0.3 is 10.0 Å². The van der Waals surface area contributed by atoms with Gasteiger partial charge in [-0.25, -0.2) is 4.79 Å². The highest BCUT2D eigenvalue weighted by Gasteiger charge is 2.33. The number of carboxylic acids is 1. The van der Waals surface area contributed by atoms with Crippen molar-refractivity contribution in [2.45, 2.75) is 38.1 Å². The molecule has 1 saturated heterocycles. The van der Waals surface area contributed by atoms with Crippen LogP contribution in [0.25, 0.3) is 0 Å². The molecule has 4 nitrogen and oxygen atoms in total. The fourth-order valence-corrected chi connectivity index (χ4v) is 2.55. The minimum Gasteiger partial charge on any atom is -0.480 e. The van der Waals surface area contributed by atoms with E-state index in [1.807, 2.05) is 30.3 Å². The second kappa shape index (κ2) is 6.36. The van der Waals surface area contributed by atoms with Crippen molar-refractivity contribution in [3.05, 3.63) is 35.9 Å².